The first-order valence-corrected chi connectivity index (χ1v) is 3.30. The van der Waals surface area contributed by atoms with Crippen LogP contribution >= 0.6 is 9.24 Å². The Morgan fingerprint density at radius 2 is 2.00 bits per heavy atom. The molecule has 0 radical (unpaired) electrons. The molecule has 2 atom stereocenters. The molecule has 2 N–H and O–H groups in total. The Bertz CT molecular complexity index is 37.3. The summed E-state index contributed by atoms with van der Waals surface area (Å²) in [6.07, 6.45) is 1.10. The van der Waals surface area contributed by atoms with Gasteiger partial charge in [0.1, 0.15) is 0 Å². The Morgan fingerprint density at radius 3 is 2.00 bits per heavy atom. The highest BCUT2D eigenvalue weighted by Gasteiger charge is 1.96. The van der Waals surface area contributed by atoms with Gasteiger partial charge in [0.15, 0.2) is 0 Å². The summed E-state index contributed by atoms with van der Waals surface area (Å²) in [6.45, 7) is 4.34. The van der Waals surface area contributed by atoms with Crippen molar-refractivity contribution < 1.29 is 0 Å². The van der Waals surface area contributed by atoms with Crippen molar-refractivity contribution in [1.29, 1.82) is 0 Å². The van der Waals surface area contributed by atoms with Crippen molar-refractivity contribution in [3.8, 4) is 0 Å². The second-order valence-corrected chi connectivity index (χ2v) is 3.15. The van der Waals surface area contributed by atoms with Crippen LogP contribution in [0.1, 0.15) is 20.3 Å². The Balaban J connectivity index is 2.95. The van der Waals surface area contributed by atoms with Gasteiger partial charge in [0.05, 0.1) is 0 Å². The van der Waals surface area contributed by atoms with Crippen molar-refractivity contribution in [2.75, 3.05) is 0 Å². The number of nitrogens with two attached hydrogens (primary N) is 1. The summed E-state index contributed by atoms with van der Waals surface area (Å²) < 4.78 is 0. The van der Waals surface area contributed by atoms with Crippen LogP contribution in [0.5, 0.6) is 0 Å². The summed E-state index contributed by atoms with van der Waals surface area (Å²) in [4.78, 5) is 0. The molecule has 1 nitrogen and oxygen atoms in total. The highest BCUT2D eigenvalue weighted by Crippen LogP contribution is 2.06. The molecule has 0 saturated carbocycles. The standard InChI is InChI=1S/C5H14NP/c1-4(2)3-5(6)7/h4-5H,3,6-7H2,1-2H3. The molecule has 0 aliphatic rings. The van der Waals surface area contributed by atoms with E-state index in [1.165, 1.54) is 0 Å². The van der Waals surface area contributed by atoms with E-state index in [9.17, 15) is 0 Å². The smallest absolute Gasteiger partial charge is 0.0187 e. The van der Waals surface area contributed by atoms with E-state index in [1.807, 2.05) is 0 Å². The van der Waals surface area contributed by atoms with Gasteiger partial charge in [-0.25, -0.2) is 0 Å². The highest BCUT2D eigenvalue weighted by molar-refractivity contribution is 7.17. The third-order valence-electron chi connectivity index (χ3n) is 0.744. The molecule has 0 heterocycles. The van der Waals surface area contributed by atoms with Gasteiger partial charge in [-0.2, -0.15) is 0 Å². The lowest BCUT2D eigenvalue weighted by molar-refractivity contribution is 0.576. The summed E-state index contributed by atoms with van der Waals surface area (Å²) in [5.41, 5.74) is 5.46. The molecule has 0 amide bonds. The topological polar surface area (TPSA) is 26.0 Å². The van der Waals surface area contributed by atoms with E-state index in [-0.39, 0.29) is 0 Å². The van der Waals surface area contributed by atoms with Gasteiger partial charge >= 0.3 is 0 Å². The molecule has 44 valence electrons. The van der Waals surface area contributed by atoms with Crippen LogP contribution in [-0.2, 0) is 0 Å². The first-order chi connectivity index (χ1) is 3.13. The van der Waals surface area contributed by atoms with Crippen LogP contribution in [0.2, 0.25) is 0 Å². The molecule has 0 rings (SSSR count). The molecule has 0 saturated heterocycles. The molecule has 0 aliphatic carbocycles. The van der Waals surface area contributed by atoms with Gasteiger partial charge in [-0.15, -0.1) is 9.24 Å². The van der Waals surface area contributed by atoms with Gasteiger partial charge in [-0.05, 0) is 12.3 Å². The molecule has 2 heteroatoms. The monoisotopic (exact) mass is 119 g/mol. The predicted molar refractivity (Wildman–Crippen MR) is 37.1 cm³/mol. The Labute approximate surface area is 47.9 Å². The molecule has 2 unspecified atom stereocenters. The number of hydrogen-bond donors (Lipinski definition) is 1. The molecule has 0 aromatic heterocycles. The molecule has 7 heavy (non-hydrogen) atoms. The van der Waals surface area contributed by atoms with E-state index < -0.39 is 0 Å². The van der Waals surface area contributed by atoms with Gasteiger partial charge in [0.25, 0.3) is 0 Å². The average Bonchev–Trinajstić information content (AvgIpc) is 1.27. The summed E-state index contributed by atoms with van der Waals surface area (Å²) in [5.74, 6) is 1.02. The van der Waals surface area contributed by atoms with Crippen LogP contribution in [0.4, 0.5) is 0 Å². The first-order valence-electron chi connectivity index (χ1n) is 2.64. The van der Waals surface area contributed by atoms with Crippen molar-refractivity contribution in [2.45, 2.75) is 26.1 Å². The fourth-order valence-electron chi connectivity index (χ4n) is 0.544. The van der Waals surface area contributed by atoms with Crippen molar-refractivity contribution in [3.05, 3.63) is 0 Å². The molecule has 0 fully saturated rings. The van der Waals surface area contributed by atoms with Crippen molar-refractivity contribution >= 4 is 9.24 Å². The van der Waals surface area contributed by atoms with Gasteiger partial charge in [-0.3, -0.25) is 0 Å². The van der Waals surface area contributed by atoms with Gasteiger partial charge in [0, 0.05) is 5.78 Å². The van der Waals surface area contributed by atoms with Crippen molar-refractivity contribution in [2.24, 2.45) is 11.7 Å². The molecule has 0 aliphatic heterocycles. The lowest BCUT2D eigenvalue weighted by atomic mass is 10.1. The Hall–Kier alpha value is 0.390. The average molecular weight is 119 g/mol. The van der Waals surface area contributed by atoms with E-state index in [4.69, 9.17) is 5.73 Å². The predicted octanol–water partition coefficient (Wildman–Crippen LogP) is 1.19. The normalized spacial score (nSPS) is 15.0. The van der Waals surface area contributed by atoms with Crippen molar-refractivity contribution in [3.63, 3.8) is 0 Å². The molecule has 0 aromatic rings. The summed E-state index contributed by atoms with van der Waals surface area (Å²) in [5, 5.41) is 0. The minimum atomic E-state index is 0.292. The second kappa shape index (κ2) is 3.40. The van der Waals surface area contributed by atoms with Crippen molar-refractivity contribution in [1.82, 2.24) is 0 Å². The zero-order chi connectivity index (χ0) is 5.86. The van der Waals surface area contributed by atoms with Gasteiger partial charge in [0.2, 0.25) is 0 Å². The Morgan fingerprint density at radius 1 is 1.57 bits per heavy atom. The maximum Gasteiger partial charge on any atom is 0.0187 e. The largest absolute Gasteiger partial charge is 0.324 e. The van der Waals surface area contributed by atoms with E-state index in [1.54, 1.807) is 0 Å². The van der Waals surface area contributed by atoms with E-state index in [0.29, 0.717) is 5.78 Å². The van der Waals surface area contributed by atoms with E-state index in [2.05, 4.69) is 23.1 Å². The van der Waals surface area contributed by atoms with Gasteiger partial charge in [-0.1, -0.05) is 13.8 Å². The molecule has 0 spiro atoms. The van der Waals surface area contributed by atoms with E-state index >= 15 is 0 Å². The molecular weight excluding hydrogens is 105 g/mol. The molecule has 0 bridgehead atoms. The maximum absolute atomic E-state index is 5.46. The van der Waals surface area contributed by atoms with Crippen LogP contribution in [0, 0.1) is 5.92 Å². The zero-order valence-electron chi connectivity index (χ0n) is 5.02. The summed E-state index contributed by atoms with van der Waals surface area (Å²) >= 11 is 0. The minimum Gasteiger partial charge on any atom is -0.324 e. The quantitative estimate of drug-likeness (QED) is 0.543. The van der Waals surface area contributed by atoms with Gasteiger partial charge < -0.3 is 5.73 Å². The summed E-state index contributed by atoms with van der Waals surface area (Å²) in [6, 6.07) is 0. The third-order valence-corrected chi connectivity index (χ3v) is 1.02. The lowest BCUT2D eigenvalue weighted by Crippen LogP contribution is -2.12. The Kier molecular flexibility index (Phi) is 3.59. The van der Waals surface area contributed by atoms with Crippen LogP contribution < -0.4 is 5.73 Å². The highest BCUT2D eigenvalue weighted by atomic mass is 31.0. The van der Waals surface area contributed by atoms with Crippen LogP contribution in [0.25, 0.3) is 0 Å². The van der Waals surface area contributed by atoms with E-state index in [0.717, 1.165) is 12.3 Å². The first kappa shape index (κ1) is 7.39. The molecule has 0 aromatic carbocycles. The van der Waals surface area contributed by atoms with Crippen LogP contribution in [0.15, 0.2) is 0 Å². The van der Waals surface area contributed by atoms with Crippen LogP contribution in [-0.4, -0.2) is 5.78 Å². The second-order valence-electron chi connectivity index (χ2n) is 2.29. The molecular formula is C5H14NP. The SMILES string of the molecule is CC(C)CC(N)P. The number of rotatable bonds is 2. The van der Waals surface area contributed by atoms with Crippen LogP contribution in [0.3, 0.4) is 0 Å². The summed E-state index contributed by atoms with van der Waals surface area (Å²) in [7, 11) is 2.58. The number of hydrogen-bond acceptors (Lipinski definition) is 1. The fourth-order valence-corrected chi connectivity index (χ4v) is 1.09. The third kappa shape index (κ3) is 6.39. The lowest BCUT2D eigenvalue weighted by Gasteiger charge is -2.05. The maximum atomic E-state index is 5.46. The minimum absolute atomic E-state index is 0.292. The fraction of sp³-hybridized carbons (Fsp3) is 1.00. The zero-order valence-corrected chi connectivity index (χ0v) is 6.17.